The van der Waals surface area contributed by atoms with Gasteiger partial charge in [-0.05, 0) is 62.1 Å². The smallest absolute Gasteiger partial charge is 0.274 e. The van der Waals surface area contributed by atoms with E-state index in [0.717, 1.165) is 16.9 Å². The van der Waals surface area contributed by atoms with Gasteiger partial charge in [0.1, 0.15) is 5.69 Å². The van der Waals surface area contributed by atoms with Crippen LogP contribution in [-0.2, 0) is 0 Å². The fraction of sp³-hybridized carbons (Fsp3) is 0.400. The zero-order valence-electron chi connectivity index (χ0n) is 14.4. The van der Waals surface area contributed by atoms with Crippen molar-refractivity contribution in [2.24, 2.45) is 0 Å². The molecule has 1 fully saturated rings. The second-order valence-electron chi connectivity index (χ2n) is 6.66. The van der Waals surface area contributed by atoms with Crippen LogP contribution in [0.4, 0.5) is 11.4 Å². The summed E-state index contributed by atoms with van der Waals surface area (Å²) in [7, 11) is 0. The van der Waals surface area contributed by atoms with E-state index in [2.05, 4.69) is 22.5 Å². The van der Waals surface area contributed by atoms with Gasteiger partial charge in [-0.1, -0.05) is 25.3 Å². The second-order valence-corrected chi connectivity index (χ2v) is 6.66. The van der Waals surface area contributed by atoms with Crippen LogP contribution in [0.3, 0.4) is 0 Å². The third-order valence-corrected chi connectivity index (χ3v) is 4.73. The minimum absolute atomic E-state index is 0.175. The van der Waals surface area contributed by atoms with Crippen LogP contribution in [0.15, 0.2) is 36.5 Å². The molecule has 1 heterocycles. The number of aryl methyl sites for hydroxylation is 2. The summed E-state index contributed by atoms with van der Waals surface area (Å²) in [6.45, 7) is 4.10. The number of hydrogen-bond donors (Lipinski definition) is 2. The molecule has 1 amide bonds. The Morgan fingerprint density at radius 3 is 2.54 bits per heavy atom. The van der Waals surface area contributed by atoms with Crippen molar-refractivity contribution in [2.45, 2.75) is 52.0 Å². The van der Waals surface area contributed by atoms with Gasteiger partial charge in [0.05, 0.1) is 0 Å². The third-order valence-electron chi connectivity index (χ3n) is 4.73. The molecular weight excluding hydrogens is 298 g/mol. The summed E-state index contributed by atoms with van der Waals surface area (Å²) < 4.78 is 0. The molecule has 0 spiro atoms. The van der Waals surface area contributed by atoms with Gasteiger partial charge in [0, 0.05) is 23.6 Å². The minimum atomic E-state index is -0.175. The lowest BCUT2D eigenvalue weighted by molar-refractivity contribution is 0.102. The lowest BCUT2D eigenvalue weighted by atomic mass is 9.95. The van der Waals surface area contributed by atoms with Gasteiger partial charge in [-0.3, -0.25) is 9.78 Å². The molecule has 0 radical (unpaired) electrons. The maximum atomic E-state index is 12.5. The second kappa shape index (κ2) is 7.47. The zero-order chi connectivity index (χ0) is 16.9. The van der Waals surface area contributed by atoms with Gasteiger partial charge in [-0.2, -0.15) is 0 Å². The quantitative estimate of drug-likeness (QED) is 0.858. The van der Waals surface area contributed by atoms with Crippen molar-refractivity contribution in [1.82, 2.24) is 4.98 Å². The first kappa shape index (κ1) is 16.5. The van der Waals surface area contributed by atoms with Crippen LogP contribution < -0.4 is 10.6 Å². The van der Waals surface area contributed by atoms with Crippen LogP contribution >= 0.6 is 0 Å². The minimum Gasteiger partial charge on any atom is -0.382 e. The van der Waals surface area contributed by atoms with Crippen LogP contribution in [0.5, 0.6) is 0 Å². The van der Waals surface area contributed by atoms with E-state index in [-0.39, 0.29) is 5.91 Å². The Kier molecular flexibility index (Phi) is 5.14. The Bertz CT molecular complexity index is 721. The Labute approximate surface area is 143 Å². The first-order chi connectivity index (χ1) is 11.6. The van der Waals surface area contributed by atoms with E-state index in [0.29, 0.717) is 11.7 Å². The highest BCUT2D eigenvalue weighted by Gasteiger charge is 2.14. The van der Waals surface area contributed by atoms with Gasteiger partial charge < -0.3 is 10.6 Å². The topological polar surface area (TPSA) is 54.0 Å². The number of carbonyl (C=O) groups excluding carboxylic acids is 1. The largest absolute Gasteiger partial charge is 0.382 e. The molecule has 1 saturated carbocycles. The molecule has 3 rings (SSSR count). The van der Waals surface area contributed by atoms with Crippen molar-refractivity contribution in [3.05, 3.63) is 53.3 Å². The van der Waals surface area contributed by atoms with Crippen molar-refractivity contribution < 1.29 is 4.79 Å². The number of nitrogens with one attached hydrogen (secondary N) is 2. The van der Waals surface area contributed by atoms with Crippen molar-refractivity contribution >= 4 is 17.3 Å². The molecule has 1 aromatic heterocycles. The fourth-order valence-corrected chi connectivity index (χ4v) is 3.14. The number of rotatable bonds is 4. The first-order valence-electron chi connectivity index (χ1n) is 8.73. The lowest BCUT2D eigenvalue weighted by Crippen LogP contribution is -2.22. The molecule has 0 saturated heterocycles. The number of aromatic nitrogens is 1. The van der Waals surface area contributed by atoms with Gasteiger partial charge >= 0.3 is 0 Å². The normalized spacial score (nSPS) is 15.1. The van der Waals surface area contributed by atoms with E-state index in [1.807, 2.05) is 37.3 Å². The monoisotopic (exact) mass is 323 g/mol. The first-order valence-corrected chi connectivity index (χ1v) is 8.73. The molecule has 0 aliphatic heterocycles. The van der Waals surface area contributed by atoms with Crippen LogP contribution in [0.25, 0.3) is 0 Å². The number of amides is 1. The molecule has 1 aliphatic rings. The molecule has 1 aliphatic carbocycles. The van der Waals surface area contributed by atoms with Crippen LogP contribution in [-0.4, -0.2) is 16.9 Å². The molecule has 1 aromatic carbocycles. The van der Waals surface area contributed by atoms with Gasteiger partial charge in [-0.25, -0.2) is 0 Å². The van der Waals surface area contributed by atoms with E-state index in [1.165, 1.54) is 37.7 Å². The van der Waals surface area contributed by atoms with Crippen LogP contribution in [0.2, 0.25) is 0 Å². The predicted molar refractivity (Wildman–Crippen MR) is 98.6 cm³/mol. The number of benzene rings is 1. The van der Waals surface area contributed by atoms with Gasteiger partial charge in [0.15, 0.2) is 0 Å². The van der Waals surface area contributed by atoms with Gasteiger partial charge in [-0.15, -0.1) is 0 Å². The summed E-state index contributed by atoms with van der Waals surface area (Å²) in [4.78, 5) is 16.7. The summed E-state index contributed by atoms with van der Waals surface area (Å²) >= 11 is 0. The predicted octanol–water partition coefficient (Wildman–Crippen LogP) is 4.70. The van der Waals surface area contributed by atoms with E-state index in [4.69, 9.17) is 0 Å². The summed E-state index contributed by atoms with van der Waals surface area (Å²) in [6, 6.07) is 10.2. The fourth-order valence-electron chi connectivity index (χ4n) is 3.14. The van der Waals surface area contributed by atoms with E-state index >= 15 is 0 Å². The molecule has 4 nitrogen and oxygen atoms in total. The summed E-state index contributed by atoms with van der Waals surface area (Å²) in [5.74, 6) is -0.175. The maximum Gasteiger partial charge on any atom is 0.274 e. The van der Waals surface area contributed by atoms with Crippen LogP contribution in [0.1, 0.15) is 53.7 Å². The van der Waals surface area contributed by atoms with E-state index in [1.54, 1.807) is 6.20 Å². The molecule has 126 valence electrons. The standard InChI is InChI=1S/C20H25N3O/c1-14-8-9-17(12-15(14)2)23-20(24)19-13-18(10-11-21-19)22-16-6-4-3-5-7-16/h8-13,16H,3-7H2,1-2H3,(H,21,22)(H,23,24). The summed E-state index contributed by atoms with van der Waals surface area (Å²) in [5.41, 5.74) is 4.59. The van der Waals surface area contributed by atoms with Gasteiger partial charge in [0.25, 0.3) is 5.91 Å². The molecule has 2 N–H and O–H groups in total. The maximum absolute atomic E-state index is 12.5. The Balaban J connectivity index is 1.68. The third kappa shape index (κ3) is 4.13. The molecular formula is C20H25N3O. The zero-order valence-corrected chi connectivity index (χ0v) is 14.4. The van der Waals surface area contributed by atoms with Crippen molar-refractivity contribution in [3.8, 4) is 0 Å². The Morgan fingerprint density at radius 1 is 1.00 bits per heavy atom. The Morgan fingerprint density at radius 2 is 1.79 bits per heavy atom. The van der Waals surface area contributed by atoms with Crippen molar-refractivity contribution in [2.75, 3.05) is 10.6 Å². The molecule has 2 aromatic rings. The molecule has 0 unspecified atom stereocenters. The van der Waals surface area contributed by atoms with Gasteiger partial charge in [0.2, 0.25) is 0 Å². The van der Waals surface area contributed by atoms with E-state index < -0.39 is 0 Å². The molecule has 0 bridgehead atoms. The highest BCUT2D eigenvalue weighted by Crippen LogP contribution is 2.22. The lowest BCUT2D eigenvalue weighted by Gasteiger charge is -2.23. The van der Waals surface area contributed by atoms with Crippen molar-refractivity contribution in [1.29, 1.82) is 0 Å². The Hall–Kier alpha value is -2.36. The van der Waals surface area contributed by atoms with Crippen LogP contribution in [0, 0.1) is 13.8 Å². The average molecular weight is 323 g/mol. The number of anilines is 2. The summed E-state index contributed by atoms with van der Waals surface area (Å²) in [5, 5.41) is 6.46. The highest BCUT2D eigenvalue weighted by molar-refractivity contribution is 6.03. The molecule has 24 heavy (non-hydrogen) atoms. The number of hydrogen-bond acceptors (Lipinski definition) is 3. The number of nitrogens with zero attached hydrogens (tertiary/aromatic N) is 1. The highest BCUT2D eigenvalue weighted by atomic mass is 16.1. The number of pyridine rings is 1. The molecule has 0 atom stereocenters. The number of carbonyl (C=O) groups is 1. The SMILES string of the molecule is Cc1ccc(NC(=O)c2cc(NC3CCCCC3)ccn2)cc1C. The van der Waals surface area contributed by atoms with E-state index in [9.17, 15) is 4.79 Å². The molecule has 4 heteroatoms. The average Bonchev–Trinajstić information content (AvgIpc) is 2.59. The summed E-state index contributed by atoms with van der Waals surface area (Å²) in [6.07, 6.45) is 7.99. The van der Waals surface area contributed by atoms with Crippen molar-refractivity contribution in [3.63, 3.8) is 0 Å².